The topological polar surface area (TPSA) is 79.3 Å². The number of hydrogen-bond acceptors (Lipinski definition) is 3. The fraction of sp³-hybridized carbons (Fsp3) is 0.0714. The van der Waals surface area contributed by atoms with Gasteiger partial charge in [-0.05, 0) is 33.6 Å². The van der Waals surface area contributed by atoms with Crippen molar-refractivity contribution in [2.24, 2.45) is 0 Å². The van der Waals surface area contributed by atoms with Crippen molar-refractivity contribution in [2.75, 3.05) is 0 Å². The first-order valence-electron chi connectivity index (χ1n) is 5.78. The number of carboxylic acids is 1. The fourth-order valence-corrected chi connectivity index (χ4v) is 1.88. The molecule has 1 aromatic carbocycles. The Morgan fingerprint density at radius 2 is 1.85 bits per heavy atom. The second-order valence-corrected chi connectivity index (χ2v) is 4.93. The summed E-state index contributed by atoms with van der Waals surface area (Å²) in [7, 11) is 0. The van der Waals surface area contributed by atoms with Crippen molar-refractivity contribution < 1.29 is 14.7 Å². The molecule has 1 atom stereocenters. The third-order valence-electron chi connectivity index (χ3n) is 2.62. The maximum absolute atomic E-state index is 12.0. The number of benzene rings is 1. The molecule has 1 amide bonds. The molecule has 2 N–H and O–H groups in total. The zero-order valence-corrected chi connectivity index (χ0v) is 11.9. The number of carboxylic acid groups (broad SMARTS) is 1. The molecule has 2 aromatic rings. The minimum absolute atomic E-state index is 0.162. The Labute approximate surface area is 123 Å². The van der Waals surface area contributed by atoms with Crippen LogP contribution in [0.25, 0.3) is 0 Å². The molecule has 1 aromatic heterocycles. The van der Waals surface area contributed by atoms with Crippen LogP contribution in [0.5, 0.6) is 0 Å². The molecular weight excluding hydrogens is 324 g/mol. The van der Waals surface area contributed by atoms with Crippen LogP contribution < -0.4 is 5.32 Å². The van der Waals surface area contributed by atoms with E-state index in [4.69, 9.17) is 0 Å². The minimum atomic E-state index is -1.12. The normalized spacial score (nSPS) is 11.7. The van der Waals surface area contributed by atoms with Crippen molar-refractivity contribution in [1.82, 2.24) is 10.3 Å². The Morgan fingerprint density at radius 1 is 1.15 bits per heavy atom. The molecule has 2 rings (SSSR count). The highest BCUT2D eigenvalue weighted by molar-refractivity contribution is 9.10. The van der Waals surface area contributed by atoms with Crippen molar-refractivity contribution in [3.8, 4) is 0 Å². The molecule has 0 saturated carbocycles. The van der Waals surface area contributed by atoms with Crippen LogP contribution in [0.4, 0.5) is 0 Å². The average Bonchev–Trinajstić information content (AvgIpc) is 2.46. The maximum atomic E-state index is 12.0. The number of aliphatic carboxylic acids is 1. The van der Waals surface area contributed by atoms with Crippen LogP contribution in [0.1, 0.15) is 22.1 Å². The number of halogens is 1. The number of nitrogens with one attached hydrogen (secondary N) is 1. The smallest absolute Gasteiger partial charge is 0.330 e. The molecule has 6 heteroatoms. The summed E-state index contributed by atoms with van der Waals surface area (Å²) in [6.07, 6.45) is 1.48. The quantitative estimate of drug-likeness (QED) is 0.899. The van der Waals surface area contributed by atoms with Gasteiger partial charge in [0.25, 0.3) is 5.91 Å². The molecule has 0 fully saturated rings. The van der Waals surface area contributed by atoms with E-state index in [0.717, 1.165) is 4.47 Å². The van der Waals surface area contributed by atoms with Crippen molar-refractivity contribution in [3.63, 3.8) is 0 Å². The summed E-state index contributed by atoms with van der Waals surface area (Å²) >= 11 is 3.22. The third kappa shape index (κ3) is 3.42. The van der Waals surface area contributed by atoms with E-state index in [-0.39, 0.29) is 5.69 Å². The first-order valence-corrected chi connectivity index (χ1v) is 6.57. The van der Waals surface area contributed by atoms with Gasteiger partial charge in [-0.3, -0.25) is 4.79 Å². The lowest BCUT2D eigenvalue weighted by atomic mass is 10.1. The third-order valence-corrected chi connectivity index (χ3v) is 3.08. The molecule has 20 heavy (non-hydrogen) atoms. The second kappa shape index (κ2) is 6.29. The molecular formula is C14H11BrN2O3. The number of nitrogens with zero attached hydrogens (tertiary/aromatic N) is 1. The lowest BCUT2D eigenvalue weighted by molar-refractivity contribution is -0.139. The van der Waals surface area contributed by atoms with Gasteiger partial charge >= 0.3 is 5.97 Å². The van der Waals surface area contributed by atoms with Crippen LogP contribution >= 0.6 is 15.9 Å². The predicted molar refractivity (Wildman–Crippen MR) is 76.2 cm³/mol. The van der Waals surface area contributed by atoms with Crippen molar-refractivity contribution in [2.45, 2.75) is 6.04 Å². The molecule has 0 unspecified atom stereocenters. The Balaban J connectivity index is 2.19. The lowest BCUT2D eigenvalue weighted by Crippen LogP contribution is -2.34. The zero-order valence-electron chi connectivity index (χ0n) is 10.3. The summed E-state index contributed by atoms with van der Waals surface area (Å²) in [5.41, 5.74) is 0.667. The van der Waals surface area contributed by atoms with Gasteiger partial charge < -0.3 is 10.4 Å². The molecule has 0 saturated heterocycles. The van der Waals surface area contributed by atoms with E-state index in [1.54, 1.807) is 36.4 Å². The van der Waals surface area contributed by atoms with E-state index in [1.807, 2.05) is 0 Å². The van der Waals surface area contributed by atoms with Crippen LogP contribution in [-0.2, 0) is 4.79 Å². The second-order valence-electron chi connectivity index (χ2n) is 4.02. The highest BCUT2D eigenvalue weighted by atomic mass is 79.9. The molecule has 0 aliphatic heterocycles. The van der Waals surface area contributed by atoms with Crippen LogP contribution in [0.2, 0.25) is 0 Å². The Hall–Kier alpha value is -2.21. The van der Waals surface area contributed by atoms with Crippen LogP contribution in [0.15, 0.2) is 53.1 Å². The van der Waals surface area contributed by atoms with Gasteiger partial charge in [0.1, 0.15) is 5.69 Å². The van der Waals surface area contributed by atoms with Crippen molar-refractivity contribution >= 4 is 27.8 Å². The number of aromatic nitrogens is 1. The average molecular weight is 335 g/mol. The van der Waals surface area contributed by atoms with Gasteiger partial charge in [-0.25, -0.2) is 9.78 Å². The fourth-order valence-electron chi connectivity index (χ4n) is 1.65. The summed E-state index contributed by atoms with van der Waals surface area (Å²) in [5.74, 6) is -1.66. The van der Waals surface area contributed by atoms with E-state index >= 15 is 0 Å². The zero-order chi connectivity index (χ0) is 14.5. The Kier molecular flexibility index (Phi) is 4.47. The van der Waals surface area contributed by atoms with Crippen molar-refractivity contribution in [1.29, 1.82) is 0 Å². The number of pyridine rings is 1. The molecule has 0 bridgehead atoms. The Bertz CT molecular complexity index is 614. The number of carbonyl (C=O) groups is 2. The number of hydrogen-bond donors (Lipinski definition) is 2. The first-order chi connectivity index (χ1) is 9.58. The van der Waals surface area contributed by atoms with Gasteiger partial charge in [-0.1, -0.05) is 30.3 Å². The van der Waals surface area contributed by atoms with Gasteiger partial charge in [0, 0.05) is 10.7 Å². The highest BCUT2D eigenvalue weighted by Gasteiger charge is 2.22. The summed E-state index contributed by atoms with van der Waals surface area (Å²) in [4.78, 5) is 27.2. The van der Waals surface area contributed by atoms with Gasteiger partial charge in [-0.2, -0.15) is 0 Å². The van der Waals surface area contributed by atoms with Crippen LogP contribution in [0, 0.1) is 0 Å². The predicted octanol–water partition coefficient (Wildman–Crippen LogP) is 2.40. The minimum Gasteiger partial charge on any atom is -0.479 e. The molecule has 0 aliphatic carbocycles. The van der Waals surface area contributed by atoms with E-state index in [2.05, 4.69) is 26.2 Å². The maximum Gasteiger partial charge on any atom is 0.330 e. The molecule has 102 valence electrons. The largest absolute Gasteiger partial charge is 0.479 e. The summed E-state index contributed by atoms with van der Waals surface area (Å²) in [6, 6.07) is 10.6. The molecule has 0 radical (unpaired) electrons. The molecule has 0 spiro atoms. The summed E-state index contributed by atoms with van der Waals surface area (Å²) < 4.78 is 0.742. The van der Waals surface area contributed by atoms with Gasteiger partial charge in [0.05, 0.1) is 0 Å². The van der Waals surface area contributed by atoms with Crippen LogP contribution in [0.3, 0.4) is 0 Å². The highest BCUT2D eigenvalue weighted by Crippen LogP contribution is 2.14. The standard InChI is InChI=1S/C14H11BrN2O3/c15-10-6-7-11(16-8-10)13(18)17-12(14(19)20)9-4-2-1-3-5-9/h1-8,12H,(H,17,18)(H,19,20)/t12-/m1/s1. The molecule has 1 heterocycles. The monoisotopic (exact) mass is 334 g/mol. The Morgan fingerprint density at radius 3 is 2.40 bits per heavy atom. The van der Waals surface area contributed by atoms with Gasteiger partial charge in [-0.15, -0.1) is 0 Å². The summed E-state index contributed by atoms with van der Waals surface area (Å²) in [6.45, 7) is 0. The van der Waals surface area contributed by atoms with E-state index < -0.39 is 17.9 Å². The van der Waals surface area contributed by atoms with Gasteiger partial charge in [0.2, 0.25) is 0 Å². The van der Waals surface area contributed by atoms with E-state index in [0.29, 0.717) is 5.56 Å². The first kappa shape index (κ1) is 14.2. The number of amides is 1. The number of carbonyl (C=O) groups excluding carboxylic acids is 1. The van der Waals surface area contributed by atoms with Gasteiger partial charge in [0.15, 0.2) is 6.04 Å². The van der Waals surface area contributed by atoms with E-state index in [9.17, 15) is 14.7 Å². The lowest BCUT2D eigenvalue weighted by Gasteiger charge is -2.14. The van der Waals surface area contributed by atoms with Crippen molar-refractivity contribution in [3.05, 3.63) is 64.4 Å². The van der Waals surface area contributed by atoms with Crippen LogP contribution in [-0.4, -0.2) is 22.0 Å². The number of rotatable bonds is 4. The van der Waals surface area contributed by atoms with E-state index in [1.165, 1.54) is 12.3 Å². The summed E-state index contributed by atoms with van der Waals surface area (Å²) in [5, 5.41) is 11.7. The SMILES string of the molecule is O=C(N[C@@H](C(=O)O)c1ccccc1)c1ccc(Br)cn1. The molecule has 0 aliphatic rings. The molecule has 5 nitrogen and oxygen atoms in total.